The van der Waals surface area contributed by atoms with Gasteiger partial charge in [-0.15, -0.1) is 0 Å². The van der Waals surface area contributed by atoms with E-state index in [1.54, 1.807) is 34.9 Å². The van der Waals surface area contributed by atoms with Crippen molar-refractivity contribution in [2.75, 3.05) is 0 Å². The summed E-state index contributed by atoms with van der Waals surface area (Å²) in [6.07, 6.45) is 4.04. The Hall–Kier alpha value is -3.89. The molecular formula is C24H17N5OS. The maximum absolute atomic E-state index is 13.3. The maximum Gasteiger partial charge on any atom is 0.266 e. The third kappa shape index (κ3) is 3.58. The lowest BCUT2D eigenvalue weighted by Crippen LogP contribution is -2.21. The van der Waals surface area contributed by atoms with Crippen molar-refractivity contribution in [2.45, 2.75) is 17.8 Å². The second-order valence-electron chi connectivity index (χ2n) is 7.20. The van der Waals surface area contributed by atoms with Gasteiger partial charge in [-0.05, 0) is 55.0 Å². The van der Waals surface area contributed by atoms with Crippen LogP contribution in [0.15, 0.2) is 83.0 Å². The number of hydrogen-bond donors (Lipinski definition) is 0. The molecule has 0 fully saturated rings. The SMILES string of the molecule is Cc1ccc2nc(CSc3nc4ccccc4c(=O)n3-c3ccc(C#N)cc3)cn2c1. The van der Waals surface area contributed by atoms with E-state index in [-0.39, 0.29) is 5.56 Å². The lowest BCUT2D eigenvalue weighted by Gasteiger charge is -2.13. The normalized spacial score (nSPS) is 11.1. The van der Waals surface area contributed by atoms with Gasteiger partial charge in [-0.25, -0.2) is 9.97 Å². The fraction of sp³-hybridized carbons (Fsp3) is 0.0833. The second-order valence-corrected chi connectivity index (χ2v) is 8.15. The number of aromatic nitrogens is 4. The van der Waals surface area contributed by atoms with Gasteiger partial charge in [0.1, 0.15) is 5.65 Å². The van der Waals surface area contributed by atoms with E-state index >= 15 is 0 Å². The molecule has 150 valence electrons. The molecule has 3 aromatic heterocycles. The zero-order valence-corrected chi connectivity index (χ0v) is 17.5. The molecule has 31 heavy (non-hydrogen) atoms. The number of imidazole rings is 1. The number of pyridine rings is 1. The minimum atomic E-state index is -0.136. The molecule has 6 nitrogen and oxygen atoms in total. The number of para-hydroxylation sites is 1. The maximum atomic E-state index is 13.3. The highest BCUT2D eigenvalue weighted by atomic mass is 32.2. The summed E-state index contributed by atoms with van der Waals surface area (Å²) >= 11 is 1.46. The minimum absolute atomic E-state index is 0.136. The first-order chi connectivity index (χ1) is 15.1. The van der Waals surface area contributed by atoms with Gasteiger partial charge in [0.05, 0.1) is 33.9 Å². The summed E-state index contributed by atoms with van der Waals surface area (Å²) in [4.78, 5) is 22.8. The van der Waals surface area contributed by atoms with Crippen molar-refractivity contribution in [3.05, 3.63) is 100 Å². The Labute approximate surface area is 182 Å². The third-order valence-corrected chi connectivity index (χ3v) is 5.97. The van der Waals surface area contributed by atoms with Gasteiger partial charge < -0.3 is 4.40 Å². The Morgan fingerprint density at radius 3 is 2.61 bits per heavy atom. The first kappa shape index (κ1) is 19.1. The number of benzene rings is 2. The van der Waals surface area contributed by atoms with E-state index in [2.05, 4.69) is 11.1 Å². The van der Waals surface area contributed by atoms with E-state index in [1.807, 2.05) is 54.0 Å². The highest BCUT2D eigenvalue weighted by Gasteiger charge is 2.14. The molecule has 2 aromatic carbocycles. The van der Waals surface area contributed by atoms with E-state index in [9.17, 15) is 4.79 Å². The fourth-order valence-corrected chi connectivity index (χ4v) is 4.38. The molecule has 0 unspecified atom stereocenters. The average Bonchev–Trinajstić information content (AvgIpc) is 3.20. The third-order valence-electron chi connectivity index (χ3n) is 5.00. The van der Waals surface area contributed by atoms with Crippen molar-refractivity contribution < 1.29 is 0 Å². The Morgan fingerprint density at radius 2 is 1.81 bits per heavy atom. The summed E-state index contributed by atoms with van der Waals surface area (Å²) in [6.45, 7) is 2.04. The van der Waals surface area contributed by atoms with E-state index in [4.69, 9.17) is 10.2 Å². The van der Waals surface area contributed by atoms with Gasteiger partial charge in [0.25, 0.3) is 5.56 Å². The van der Waals surface area contributed by atoms with Crippen LogP contribution in [0.3, 0.4) is 0 Å². The van der Waals surface area contributed by atoms with Gasteiger partial charge in [-0.1, -0.05) is 30.0 Å². The second kappa shape index (κ2) is 7.74. The molecular weight excluding hydrogens is 406 g/mol. The van der Waals surface area contributed by atoms with Crippen LogP contribution in [0.5, 0.6) is 0 Å². The van der Waals surface area contributed by atoms with Gasteiger partial charge in [0.15, 0.2) is 5.16 Å². The molecule has 0 radical (unpaired) electrons. The topological polar surface area (TPSA) is 76.0 Å². The number of rotatable bonds is 4. The van der Waals surface area contributed by atoms with Crippen LogP contribution < -0.4 is 5.56 Å². The van der Waals surface area contributed by atoms with E-state index in [0.29, 0.717) is 33.1 Å². The van der Waals surface area contributed by atoms with E-state index in [1.165, 1.54) is 11.8 Å². The standard InChI is InChI=1S/C24H17N5OS/c1-16-6-11-22-26-18(14-28(22)13-16)15-31-24-27-21-5-3-2-4-20(21)23(30)29(24)19-9-7-17(12-25)8-10-19/h2-11,13-14H,15H2,1H3. The lowest BCUT2D eigenvalue weighted by atomic mass is 10.2. The summed E-state index contributed by atoms with van der Waals surface area (Å²) in [7, 11) is 0. The predicted octanol–water partition coefficient (Wildman–Crippen LogP) is 4.51. The highest BCUT2D eigenvalue weighted by Crippen LogP contribution is 2.25. The molecule has 0 spiro atoms. The molecule has 0 bridgehead atoms. The van der Waals surface area contributed by atoms with Crippen LogP contribution in [0.2, 0.25) is 0 Å². The number of thioether (sulfide) groups is 1. The van der Waals surface area contributed by atoms with Gasteiger partial charge >= 0.3 is 0 Å². The van der Waals surface area contributed by atoms with Crippen LogP contribution >= 0.6 is 11.8 Å². The van der Waals surface area contributed by atoms with Gasteiger partial charge in [-0.2, -0.15) is 5.26 Å². The predicted molar refractivity (Wildman–Crippen MR) is 122 cm³/mol. The van der Waals surface area contributed by atoms with E-state index < -0.39 is 0 Å². The average molecular weight is 424 g/mol. The van der Waals surface area contributed by atoms with Gasteiger partial charge in [0, 0.05) is 18.1 Å². The monoisotopic (exact) mass is 423 g/mol. The fourth-order valence-electron chi connectivity index (χ4n) is 3.49. The summed E-state index contributed by atoms with van der Waals surface area (Å²) in [5.74, 6) is 0.571. The zero-order chi connectivity index (χ0) is 21.4. The Morgan fingerprint density at radius 1 is 1.00 bits per heavy atom. The van der Waals surface area contributed by atoms with Crippen LogP contribution in [0.25, 0.3) is 22.2 Å². The molecule has 0 aliphatic heterocycles. The Kier molecular flexibility index (Phi) is 4.77. The van der Waals surface area contributed by atoms with Crippen molar-refractivity contribution in [1.82, 2.24) is 18.9 Å². The molecule has 5 aromatic rings. The first-order valence-corrected chi connectivity index (χ1v) is 10.7. The number of nitriles is 1. The van der Waals surface area contributed by atoms with Crippen LogP contribution in [-0.2, 0) is 5.75 Å². The van der Waals surface area contributed by atoms with Crippen molar-refractivity contribution >= 4 is 28.3 Å². The minimum Gasteiger partial charge on any atom is -0.307 e. The summed E-state index contributed by atoms with van der Waals surface area (Å²) in [6, 6.07) is 20.4. The smallest absolute Gasteiger partial charge is 0.266 e. The van der Waals surface area contributed by atoms with E-state index in [0.717, 1.165) is 16.9 Å². The number of hydrogen-bond acceptors (Lipinski definition) is 5. The summed E-state index contributed by atoms with van der Waals surface area (Å²) < 4.78 is 3.61. The van der Waals surface area contributed by atoms with Crippen LogP contribution in [0.4, 0.5) is 0 Å². The van der Waals surface area contributed by atoms with Crippen molar-refractivity contribution in [2.24, 2.45) is 0 Å². The Bertz CT molecular complexity index is 1530. The number of fused-ring (bicyclic) bond motifs is 2. The van der Waals surface area contributed by atoms with Crippen molar-refractivity contribution in [3.63, 3.8) is 0 Å². The summed E-state index contributed by atoms with van der Waals surface area (Å²) in [5.41, 5.74) is 4.69. The van der Waals surface area contributed by atoms with Crippen LogP contribution in [0, 0.1) is 18.3 Å². The molecule has 0 aliphatic carbocycles. The van der Waals surface area contributed by atoms with Gasteiger partial charge in [0.2, 0.25) is 0 Å². The van der Waals surface area contributed by atoms with Crippen LogP contribution in [0.1, 0.15) is 16.8 Å². The first-order valence-electron chi connectivity index (χ1n) is 9.72. The highest BCUT2D eigenvalue weighted by molar-refractivity contribution is 7.98. The quantitative estimate of drug-likeness (QED) is 0.314. The largest absolute Gasteiger partial charge is 0.307 e. The summed E-state index contributed by atoms with van der Waals surface area (Å²) in [5, 5.41) is 10.2. The number of aryl methyl sites for hydroxylation is 1. The molecule has 3 heterocycles. The number of nitrogens with zero attached hydrogens (tertiary/aromatic N) is 5. The zero-order valence-electron chi connectivity index (χ0n) is 16.7. The molecule has 0 aliphatic rings. The lowest BCUT2D eigenvalue weighted by molar-refractivity contribution is 0.819. The molecule has 5 rings (SSSR count). The Balaban J connectivity index is 1.58. The molecule has 0 atom stereocenters. The van der Waals surface area contributed by atoms with Gasteiger partial charge in [-0.3, -0.25) is 9.36 Å². The molecule has 0 saturated carbocycles. The van der Waals surface area contributed by atoms with Crippen molar-refractivity contribution in [3.8, 4) is 11.8 Å². The molecule has 0 amide bonds. The molecule has 0 N–H and O–H groups in total. The van der Waals surface area contributed by atoms with Crippen LogP contribution in [-0.4, -0.2) is 18.9 Å². The molecule has 0 saturated heterocycles. The molecule has 7 heteroatoms. The van der Waals surface area contributed by atoms with Crippen molar-refractivity contribution in [1.29, 1.82) is 5.26 Å².